The van der Waals surface area contributed by atoms with Gasteiger partial charge in [0, 0.05) is 16.3 Å². The first-order chi connectivity index (χ1) is 11.3. The number of hydrogen-bond acceptors (Lipinski definition) is 5. The second-order valence-electron chi connectivity index (χ2n) is 6.21. The zero-order valence-corrected chi connectivity index (χ0v) is 15.4. The molecule has 5 nitrogen and oxygen atoms in total. The van der Waals surface area contributed by atoms with Crippen LogP contribution in [0.15, 0.2) is 29.2 Å². The first kappa shape index (κ1) is 19.9. The van der Waals surface area contributed by atoms with Crippen LogP contribution in [0.4, 0.5) is 5.69 Å². The summed E-state index contributed by atoms with van der Waals surface area (Å²) >= 11 is 1.58. The van der Waals surface area contributed by atoms with Crippen LogP contribution in [0.5, 0.6) is 0 Å². The van der Waals surface area contributed by atoms with Crippen molar-refractivity contribution in [1.29, 1.82) is 10.5 Å². The normalized spacial score (nSPS) is 14.1. The van der Waals surface area contributed by atoms with Crippen LogP contribution in [0, 0.1) is 34.5 Å². The maximum absolute atomic E-state index is 12.1. The van der Waals surface area contributed by atoms with Gasteiger partial charge in [0.05, 0.1) is 24.6 Å². The minimum atomic E-state index is -0.880. The number of anilines is 1. The fourth-order valence-electron chi connectivity index (χ4n) is 1.80. The molecule has 0 radical (unpaired) electrons. The molecule has 0 heterocycles. The summed E-state index contributed by atoms with van der Waals surface area (Å²) in [6, 6.07) is 12.1. The lowest BCUT2D eigenvalue weighted by atomic mass is 9.90. The van der Waals surface area contributed by atoms with Crippen molar-refractivity contribution in [2.45, 2.75) is 38.1 Å². The van der Waals surface area contributed by atoms with E-state index in [1.807, 2.05) is 45.0 Å². The molecule has 0 bridgehead atoms. The molecule has 0 saturated carbocycles. The fourth-order valence-corrected chi connectivity index (χ4v) is 2.78. The molecule has 2 N–H and O–H groups in total. The van der Waals surface area contributed by atoms with E-state index in [0.717, 1.165) is 10.6 Å². The molecule has 128 valence electrons. The Bertz CT molecular complexity index is 647. The number of para-hydroxylation sites is 1. The average Bonchev–Trinajstić information content (AvgIpc) is 2.58. The van der Waals surface area contributed by atoms with Gasteiger partial charge in [0.2, 0.25) is 5.91 Å². The van der Waals surface area contributed by atoms with Crippen LogP contribution < -0.4 is 10.6 Å². The fraction of sp³-hybridized carbons (Fsp3) is 0.500. The van der Waals surface area contributed by atoms with Crippen molar-refractivity contribution in [3.63, 3.8) is 0 Å². The van der Waals surface area contributed by atoms with Crippen molar-refractivity contribution in [3.8, 4) is 12.1 Å². The Labute approximate surface area is 148 Å². The minimum absolute atomic E-state index is 0.0155. The Balaban J connectivity index is 2.66. The molecular formula is C18H24N4OS. The highest BCUT2D eigenvalue weighted by molar-refractivity contribution is 7.99. The summed E-state index contributed by atoms with van der Waals surface area (Å²) in [6.07, 6.45) is 0. The molecule has 24 heavy (non-hydrogen) atoms. The summed E-state index contributed by atoms with van der Waals surface area (Å²) in [5.41, 5.74) is -0.0269. The molecule has 0 aromatic heterocycles. The molecule has 0 unspecified atom stereocenters. The monoisotopic (exact) mass is 344 g/mol. The summed E-state index contributed by atoms with van der Waals surface area (Å²) in [4.78, 5) is 13.1. The number of benzene rings is 1. The predicted octanol–water partition coefficient (Wildman–Crippen LogP) is 3.40. The van der Waals surface area contributed by atoms with E-state index < -0.39 is 5.54 Å². The molecule has 0 aliphatic heterocycles. The standard InChI is InChI=1S/C18H24N4OS/c1-13(2)18(4,12-20)22-17(23)10-21-15-7-5-6-8-16(15)24-11-14(3)9-19/h5-8,13-14,21H,10-11H2,1-4H3,(H,22,23)/t14-,18+/m1/s1. The van der Waals surface area contributed by atoms with Gasteiger partial charge in [-0.1, -0.05) is 26.0 Å². The van der Waals surface area contributed by atoms with E-state index in [-0.39, 0.29) is 24.3 Å². The molecule has 1 aromatic rings. The lowest BCUT2D eigenvalue weighted by Crippen LogP contribution is -2.50. The predicted molar refractivity (Wildman–Crippen MR) is 97.4 cm³/mol. The van der Waals surface area contributed by atoms with Crippen molar-refractivity contribution in [3.05, 3.63) is 24.3 Å². The van der Waals surface area contributed by atoms with E-state index in [1.165, 1.54) is 0 Å². The van der Waals surface area contributed by atoms with Crippen LogP contribution in [0.25, 0.3) is 0 Å². The summed E-state index contributed by atoms with van der Waals surface area (Å²) in [5.74, 6) is 0.453. The second kappa shape index (κ2) is 9.20. The number of nitrogens with one attached hydrogen (secondary N) is 2. The van der Waals surface area contributed by atoms with Gasteiger partial charge in [0.1, 0.15) is 5.54 Å². The number of carbonyl (C=O) groups is 1. The summed E-state index contributed by atoms with van der Waals surface area (Å²) in [6.45, 7) is 7.50. The zero-order valence-electron chi connectivity index (χ0n) is 14.6. The van der Waals surface area contributed by atoms with Crippen LogP contribution in [-0.2, 0) is 4.79 Å². The molecule has 1 rings (SSSR count). The van der Waals surface area contributed by atoms with Gasteiger partial charge >= 0.3 is 0 Å². The van der Waals surface area contributed by atoms with Crippen LogP contribution in [0.3, 0.4) is 0 Å². The highest BCUT2D eigenvalue weighted by Crippen LogP contribution is 2.28. The third kappa shape index (κ3) is 5.79. The van der Waals surface area contributed by atoms with Gasteiger partial charge in [-0.25, -0.2) is 0 Å². The van der Waals surface area contributed by atoms with Gasteiger partial charge in [0.15, 0.2) is 0 Å². The highest BCUT2D eigenvalue weighted by atomic mass is 32.2. The van der Waals surface area contributed by atoms with Gasteiger partial charge in [-0.3, -0.25) is 4.79 Å². The number of amides is 1. The van der Waals surface area contributed by atoms with E-state index in [4.69, 9.17) is 5.26 Å². The van der Waals surface area contributed by atoms with Gasteiger partial charge in [-0.2, -0.15) is 10.5 Å². The Hall–Kier alpha value is -2.18. The maximum Gasteiger partial charge on any atom is 0.240 e. The molecule has 1 amide bonds. The molecule has 6 heteroatoms. The topological polar surface area (TPSA) is 88.7 Å². The molecule has 0 spiro atoms. The van der Waals surface area contributed by atoms with Crippen molar-refractivity contribution in [2.75, 3.05) is 17.6 Å². The number of thioether (sulfide) groups is 1. The first-order valence-corrected chi connectivity index (χ1v) is 8.88. The molecule has 1 aromatic carbocycles. The lowest BCUT2D eigenvalue weighted by molar-refractivity contribution is -0.121. The van der Waals surface area contributed by atoms with Crippen LogP contribution in [0.1, 0.15) is 27.7 Å². The molecular weight excluding hydrogens is 320 g/mol. The van der Waals surface area contributed by atoms with Gasteiger partial charge in [0.25, 0.3) is 0 Å². The Morgan fingerprint density at radius 3 is 2.54 bits per heavy atom. The maximum atomic E-state index is 12.1. The third-order valence-corrected chi connectivity index (χ3v) is 5.16. The average molecular weight is 344 g/mol. The molecule has 0 aliphatic carbocycles. The Kier molecular flexibility index (Phi) is 7.61. The zero-order chi connectivity index (χ0) is 18.2. The third-order valence-electron chi connectivity index (χ3n) is 3.82. The van der Waals surface area contributed by atoms with Crippen molar-refractivity contribution in [2.24, 2.45) is 11.8 Å². The van der Waals surface area contributed by atoms with Gasteiger partial charge in [-0.05, 0) is 31.9 Å². The molecule has 2 atom stereocenters. The SMILES string of the molecule is CC(C)[C@](C)(C#N)NC(=O)CNc1ccccc1SC[C@H](C)C#N. The summed E-state index contributed by atoms with van der Waals surface area (Å²) in [5, 5.41) is 24.0. The van der Waals surface area contributed by atoms with Crippen LogP contribution >= 0.6 is 11.8 Å². The van der Waals surface area contributed by atoms with Gasteiger partial charge in [-0.15, -0.1) is 11.8 Å². The smallest absolute Gasteiger partial charge is 0.240 e. The van der Waals surface area contributed by atoms with Crippen molar-refractivity contribution in [1.82, 2.24) is 5.32 Å². The molecule has 0 saturated heterocycles. The van der Waals surface area contributed by atoms with E-state index in [1.54, 1.807) is 18.7 Å². The Morgan fingerprint density at radius 1 is 1.29 bits per heavy atom. The van der Waals surface area contributed by atoms with Crippen LogP contribution in [0.2, 0.25) is 0 Å². The first-order valence-electron chi connectivity index (χ1n) is 7.90. The number of hydrogen-bond donors (Lipinski definition) is 2. The summed E-state index contributed by atoms with van der Waals surface area (Å²) < 4.78 is 0. The van der Waals surface area contributed by atoms with E-state index in [2.05, 4.69) is 22.8 Å². The number of carbonyl (C=O) groups excluding carboxylic acids is 1. The largest absolute Gasteiger partial charge is 0.375 e. The second-order valence-corrected chi connectivity index (χ2v) is 7.27. The number of nitrogens with zero attached hydrogens (tertiary/aromatic N) is 2. The van der Waals surface area contributed by atoms with E-state index in [0.29, 0.717) is 5.75 Å². The van der Waals surface area contributed by atoms with Crippen LogP contribution in [-0.4, -0.2) is 23.7 Å². The van der Waals surface area contributed by atoms with E-state index in [9.17, 15) is 10.1 Å². The van der Waals surface area contributed by atoms with Crippen molar-refractivity contribution < 1.29 is 4.79 Å². The highest BCUT2D eigenvalue weighted by Gasteiger charge is 2.29. The minimum Gasteiger partial charge on any atom is -0.375 e. The Morgan fingerprint density at radius 2 is 1.96 bits per heavy atom. The van der Waals surface area contributed by atoms with Crippen molar-refractivity contribution >= 4 is 23.4 Å². The molecule has 0 aliphatic rings. The molecule has 0 fully saturated rings. The quantitative estimate of drug-likeness (QED) is 0.706. The summed E-state index contributed by atoms with van der Waals surface area (Å²) in [7, 11) is 0. The van der Waals surface area contributed by atoms with Gasteiger partial charge < -0.3 is 10.6 Å². The number of nitriles is 2. The van der Waals surface area contributed by atoms with E-state index >= 15 is 0 Å². The number of rotatable bonds is 8. The lowest BCUT2D eigenvalue weighted by Gasteiger charge is -2.27.